The SMILES string of the molecule is CCC1=C2c3cc(F)c4[nH]ccc4c3CC2(CC)CCC1=O. The Balaban J connectivity index is 2.10. The lowest BCUT2D eigenvalue weighted by atomic mass is 9.68. The average Bonchev–Trinajstić information content (AvgIpc) is 3.11. The summed E-state index contributed by atoms with van der Waals surface area (Å²) >= 11 is 0. The number of ketones is 1. The normalized spacial score (nSPS) is 24.0. The molecular formula is C19H20FNO. The summed E-state index contributed by atoms with van der Waals surface area (Å²) in [5.41, 5.74) is 4.89. The van der Waals surface area contributed by atoms with Gasteiger partial charge in [0.25, 0.3) is 0 Å². The highest BCUT2D eigenvalue weighted by molar-refractivity contribution is 6.08. The van der Waals surface area contributed by atoms with Gasteiger partial charge >= 0.3 is 0 Å². The third-order valence-corrected chi connectivity index (χ3v) is 5.72. The topological polar surface area (TPSA) is 32.9 Å². The first-order valence-corrected chi connectivity index (χ1v) is 8.17. The van der Waals surface area contributed by atoms with Crippen LogP contribution < -0.4 is 0 Å². The van der Waals surface area contributed by atoms with Crippen LogP contribution in [0, 0.1) is 11.2 Å². The van der Waals surface area contributed by atoms with Gasteiger partial charge < -0.3 is 4.98 Å². The van der Waals surface area contributed by atoms with Crippen molar-refractivity contribution in [2.45, 2.75) is 46.0 Å². The molecule has 2 aliphatic carbocycles. The highest BCUT2D eigenvalue weighted by Gasteiger charge is 2.46. The van der Waals surface area contributed by atoms with E-state index in [1.54, 1.807) is 12.3 Å². The first kappa shape index (κ1) is 13.7. The Labute approximate surface area is 129 Å². The predicted molar refractivity (Wildman–Crippen MR) is 86.1 cm³/mol. The van der Waals surface area contributed by atoms with E-state index in [-0.39, 0.29) is 17.0 Å². The molecule has 114 valence electrons. The Bertz CT molecular complexity index is 829. The van der Waals surface area contributed by atoms with Crippen LogP contribution in [0.25, 0.3) is 16.5 Å². The van der Waals surface area contributed by atoms with Crippen LogP contribution in [0.4, 0.5) is 4.39 Å². The van der Waals surface area contributed by atoms with Crippen molar-refractivity contribution in [3.05, 3.63) is 40.8 Å². The zero-order valence-electron chi connectivity index (χ0n) is 13.1. The second-order valence-corrected chi connectivity index (χ2v) is 6.59. The predicted octanol–water partition coefficient (Wildman–Crippen LogP) is 4.79. The number of Topliss-reactive ketones (excluding diaryl/α,β-unsaturated/α-hetero) is 1. The van der Waals surface area contributed by atoms with Crippen LogP contribution in [0.15, 0.2) is 23.9 Å². The van der Waals surface area contributed by atoms with E-state index in [0.717, 1.165) is 47.8 Å². The van der Waals surface area contributed by atoms with E-state index in [1.165, 1.54) is 5.56 Å². The number of fused-ring (bicyclic) bond motifs is 5. The summed E-state index contributed by atoms with van der Waals surface area (Å²) in [4.78, 5) is 15.4. The fourth-order valence-electron chi connectivity index (χ4n) is 4.57. The van der Waals surface area contributed by atoms with Crippen molar-refractivity contribution in [3.8, 4) is 0 Å². The van der Waals surface area contributed by atoms with E-state index in [4.69, 9.17) is 0 Å². The van der Waals surface area contributed by atoms with Gasteiger partial charge in [0, 0.05) is 23.4 Å². The molecule has 1 heterocycles. The summed E-state index contributed by atoms with van der Waals surface area (Å²) in [6.45, 7) is 4.23. The molecule has 2 nitrogen and oxygen atoms in total. The molecule has 0 bridgehead atoms. The van der Waals surface area contributed by atoms with E-state index in [1.807, 2.05) is 13.0 Å². The lowest BCUT2D eigenvalue weighted by Gasteiger charge is -2.35. The van der Waals surface area contributed by atoms with Gasteiger partial charge in [0.05, 0.1) is 5.52 Å². The lowest BCUT2D eigenvalue weighted by molar-refractivity contribution is -0.116. The maximum absolute atomic E-state index is 14.5. The van der Waals surface area contributed by atoms with Crippen LogP contribution in [0.3, 0.4) is 0 Å². The van der Waals surface area contributed by atoms with Gasteiger partial charge in [-0.05, 0) is 60.1 Å². The summed E-state index contributed by atoms with van der Waals surface area (Å²) in [5.74, 6) is 0.0376. The van der Waals surface area contributed by atoms with Crippen molar-refractivity contribution in [2.75, 3.05) is 0 Å². The van der Waals surface area contributed by atoms with Gasteiger partial charge in [-0.15, -0.1) is 0 Å². The highest BCUT2D eigenvalue weighted by Crippen LogP contribution is 2.57. The minimum Gasteiger partial charge on any atom is -0.359 e. The molecular weight excluding hydrogens is 277 g/mol. The number of aromatic amines is 1. The molecule has 1 aromatic carbocycles. The maximum Gasteiger partial charge on any atom is 0.159 e. The first-order valence-electron chi connectivity index (χ1n) is 8.17. The summed E-state index contributed by atoms with van der Waals surface area (Å²) in [5, 5.41) is 0.979. The van der Waals surface area contributed by atoms with Crippen molar-refractivity contribution in [1.82, 2.24) is 4.98 Å². The Kier molecular flexibility index (Phi) is 2.84. The summed E-state index contributed by atoms with van der Waals surface area (Å²) in [6, 6.07) is 3.61. The molecule has 0 aliphatic heterocycles. The molecule has 1 atom stereocenters. The Hall–Kier alpha value is -1.90. The molecule has 0 saturated heterocycles. The number of nitrogens with one attached hydrogen (secondary N) is 1. The van der Waals surface area contributed by atoms with Crippen molar-refractivity contribution in [3.63, 3.8) is 0 Å². The zero-order valence-corrected chi connectivity index (χ0v) is 13.1. The number of H-pyrrole nitrogens is 1. The van der Waals surface area contributed by atoms with Gasteiger partial charge in [-0.25, -0.2) is 4.39 Å². The molecule has 3 heteroatoms. The summed E-state index contributed by atoms with van der Waals surface area (Å²) < 4.78 is 14.5. The number of allylic oxidation sites excluding steroid dienone is 2. The van der Waals surface area contributed by atoms with Crippen LogP contribution in [0.2, 0.25) is 0 Å². The van der Waals surface area contributed by atoms with Gasteiger partial charge in [-0.3, -0.25) is 4.79 Å². The number of benzene rings is 1. The van der Waals surface area contributed by atoms with Gasteiger partial charge in [-0.1, -0.05) is 13.8 Å². The van der Waals surface area contributed by atoms with E-state index in [0.29, 0.717) is 11.9 Å². The minimum atomic E-state index is -0.216. The number of hydrogen-bond acceptors (Lipinski definition) is 1. The molecule has 1 N–H and O–H groups in total. The molecule has 1 aromatic heterocycles. The molecule has 0 spiro atoms. The first-order chi connectivity index (χ1) is 10.6. The average molecular weight is 297 g/mol. The number of halogens is 1. The lowest BCUT2D eigenvalue weighted by Crippen LogP contribution is -2.27. The van der Waals surface area contributed by atoms with E-state index in [9.17, 15) is 9.18 Å². The largest absolute Gasteiger partial charge is 0.359 e. The Morgan fingerprint density at radius 1 is 1.36 bits per heavy atom. The molecule has 1 unspecified atom stereocenters. The van der Waals surface area contributed by atoms with Crippen molar-refractivity contribution in [1.29, 1.82) is 0 Å². The molecule has 0 radical (unpaired) electrons. The number of rotatable bonds is 2. The molecule has 4 rings (SSSR count). The fraction of sp³-hybridized carbons (Fsp3) is 0.421. The summed E-state index contributed by atoms with van der Waals surface area (Å²) in [6.07, 6.45) is 5.99. The third kappa shape index (κ3) is 1.57. The Morgan fingerprint density at radius 3 is 2.91 bits per heavy atom. The summed E-state index contributed by atoms with van der Waals surface area (Å²) in [7, 11) is 0. The minimum absolute atomic E-state index is 0.0274. The monoisotopic (exact) mass is 297 g/mol. The number of carbonyl (C=O) groups is 1. The Morgan fingerprint density at radius 2 is 2.18 bits per heavy atom. The van der Waals surface area contributed by atoms with Crippen LogP contribution >= 0.6 is 0 Å². The molecule has 2 aromatic rings. The van der Waals surface area contributed by atoms with Gasteiger partial charge in [0.2, 0.25) is 0 Å². The fourth-order valence-corrected chi connectivity index (χ4v) is 4.57. The molecule has 0 saturated carbocycles. The van der Waals surface area contributed by atoms with E-state index < -0.39 is 0 Å². The van der Waals surface area contributed by atoms with Gasteiger partial charge in [-0.2, -0.15) is 0 Å². The third-order valence-electron chi connectivity index (χ3n) is 5.72. The molecule has 0 fully saturated rings. The van der Waals surface area contributed by atoms with Crippen LogP contribution in [-0.2, 0) is 11.2 Å². The zero-order chi connectivity index (χ0) is 15.5. The van der Waals surface area contributed by atoms with Crippen LogP contribution in [0.1, 0.15) is 50.7 Å². The smallest absolute Gasteiger partial charge is 0.159 e. The second-order valence-electron chi connectivity index (χ2n) is 6.59. The van der Waals surface area contributed by atoms with Crippen LogP contribution in [-0.4, -0.2) is 10.8 Å². The van der Waals surface area contributed by atoms with Gasteiger partial charge in [0.1, 0.15) is 5.82 Å². The van der Waals surface area contributed by atoms with Gasteiger partial charge in [0.15, 0.2) is 5.78 Å². The van der Waals surface area contributed by atoms with Crippen LogP contribution in [0.5, 0.6) is 0 Å². The highest BCUT2D eigenvalue weighted by atomic mass is 19.1. The van der Waals surface area contributed by atoms with Crippen molar-refractivity contribution in [2.24, 2.45) is 5.41 Å². The van der Waals surface area contributed by atoms with Crippen molar-refractivity contribution < 1.29 is 9.18 Å². The standard InChI is InChI=1S/C19H20FNO/c1-3-11-16(22)5-7-19(4-2)10-14-12-6-8-21-18(12)15(20)9-13(14)17(11)19/h6,8-9,21H,3-5,7,10H2,1-2H3. The molecule has 0 amide bonds. The number of aromatic nitrogens is 1. The maximum atomic E-state index is 14.5. The quantitative estimate of drug-likeness (QED) is 0.849. The second kappa shape index (κ2) is 4.55. The van der Waals surface area contributed by atoms with Crippen molar-refractivity contribution >= 4 is 22.3 Å². The van der Waals surface area contributed by atoms with E-state index in [2.05, 4.69) is 11.9 Å². The molecule has 2 aliphatic rings. The van der Waals surface area contributed by atoms with E-state index >= 15 is 0 Å². The molecule has 22 heavy (non-hydrogen) atoms. The number of carbonyl (C=O) groups excluding carboxylic acids is 1. The number of hydrogen-bond donors (Lipinski definition) is 1.